The number of nitrogens with zero attached hydrogens (tertiary/aromatic N) is 7. The van der Waals surface area contributed by atoms with E-state index in [1.165, 1.54) is 0 Å². The van der Waals surface area contributed by atoms with Crippen molar-refractivity contribution >= 4 is 40.4 Å². The number of alkyl halides is 1. The molecule has 2 aromatic rings. The Labute approximate surface area is 191 Å². The smallest absolute Gasteiger partial charge is 0.383 e. The topological polar surface area (TPSA) is 308 Å². The summed E-state index contributed by atoms with van der Waals surface area (Å²) in [7, 11) is -17.2. The van der Waals surface area contributed by atoms with Gasteiger partial charge in [0.25, 0.3) is 0 Å². The quantitative estimate of drug-likeness (QED) is 0.0995. The van der Waals surface area contributed by atoms with Crippen molar-refractivity contribution < 1.29 is 60.6 Å². The zero-order chi connectivity index (χ0) is 26.0. The number of hydrogen-bond acceptors (Lipinski definition) is 13. The number of phosphoric acid groups is 3. The molecule has 3 unspecified atom stereocenters. The molecule has 7 atom stereocenters. The number of ether oxygens (including phenoxy) is 1. The lowest BCUT2D eigenvalue weighted by molar-refractivity contribution is -0.0782. The predicted molar refractivity (Wildman–Crippen MR) is 105 cm³/mol. The highest BCUT2D eigenvalue weighted by Crippen LogP contribution is 2.69. The number of phosphoric ester groups is 1. The highest BCUT2D eigenvalue weighted by molar-refractivity contribution is 7.66. The molecule has 0 bridgehead atoms. The van der Waals surface area contributed by atoms with Crippen molar-refractivity contribution in [1.82, 2.24) is 19.5 Å². The Bertz CT molecular complexity index is 1380. The van der Waals surface area contributed by atoms with Gasteiger partial charge in [-0.25, -0.2) is 33.0 Å². The lowest BCUT2D eigenvalue weighted by Gasteiger charge is -2.23. The van der Waals surface area contributed by atoms with Gasteiger partial charge in [-0.15, -0.1) is 0 Å². The Morgan fingerprint density at radius 2 is 1.91 bits per heavy atom. The molecular formula is C11H14FN8O12P3. The highest BCUT2D eigenvalue weighted by atomic mass is 31.3. The molecule has 1 saturated heterocycles. The average Bonchev–Trinajstić information content (AvgIpc) is 2.98. The van der Waals surface area contributed by atoms with Gasteiger partial charge in [-0.05, 0) is 5.53 Å². The number of hydrogen-bond donors (Lipinski definition) is 6. The Kier molecular flexibility index (Phi) is 6.11. The van der Waals surface area contributed by atoms with Gasteiger partial charge in [0.2, 0.25) is 0 Å². The van der Waals surface area contributed by atoms with E-state index in [0.29, 0.717) is 0 Å². The monoisotopic (exact) mass is 562 g/mol. The molecule has 2 aliphatic rings. The number of nitrogens with two attached hydrogens (primary N) is 1. The lowest BCUT2D eigenvalue weighted by atomic mass is 10.1. The summed E-state index contributed by atoms with van der Waals surface area (Å²) in [5.41, 5.74) is 9.53. The molecule has 35 heavy (non-hydrogen) atoms. The molecule has 20 nitrogen and oxygen atoms in total. The molecule has 2 fully saturated rings. The second-order valence-corrected chi connectivity index (χ2v) is 11.6. The number of azide groups is 1. The third-order valence-electron chi connectivity index (χ3n) is 5.14. The van der Waals surface area contributed by atoms with E-state index in [-0.39, 0.29) is 17.0 Å². The van der Waals surface area contributed by atoms with Crippen LogP contribution in [-0.2, 0) is 31.6 Å². The summed E-state index contributed by atoms with van der Waals surface area (Å²) >= 11 is 0. The summed E-state index contributed by atoms with van der Waals surface area (Å²) in [6.07, 6.45) is -1.97. The van der Waals surface area contributed by atoms with E-state index >= 15 is 4.39 Å². The first-order valence-corrected chi connectivity index (χ1v) is 13.4. The van der Waals surface area contributed by atoms with Crippen LogP contribution in [0.2, 0.25) is 0 Å². The number of anilines is 1. The summed E-state index contributed by atoms with van der Waals surface area (Å²) < 4.78 is 67.9. The third kappa shape index (κ3) is 4.36. The minimum Gasteiger partial charge on any atom is -0.383 e. The molecule has 0 radical (unpaired) electrons. The summed E-state index contributed by atoms with van der Waals surface area (Å²) in [4.78, 5) is 50.1. The lowest BCUT2D eigenvalue weighted by Crippen LogP contribution is -2.33. The SMILES string of the molecule is [N-]=[N+]=NC1[C@]2(COP(=O)(O)OP(=O)(O)OP(=O)(O)O)O[C@@H](n3cnc4c(N)ncnc43)[C@H](F)[C@@]12O. The second kappa shape index (κ2) is 8.22. The van der Waals surface area contributed by atoms with Crippen LogP contribution in [0.5, 0.6) is 0 Å². The number of fused-ring (bicyclic) bond motifs is 2. The molecule has 1 saturated carbocycles. The molecule has 1 aliphatic heterocycles. The fourth-order valence-corrected chi connectivity index (χ4v) is 6.78. The van der Waals surface area contributed by atoms with Crippen molar-refractivity contribution in [2.24, 2.45) is 5.11 Å². The summed E-state index contributed by atoms with van der Waals surface area (Å²) in [5.74, 6) is -0.0552. The first-order chi connectivity index (χ1) is 16.1. The summed E-state index contributed by atoms with van der Waals surface area (Å²) in [5, 5.41) is 14.1. The van der Waals surface area contributed by atoms with Crippen molar-refractivity contribution in [2.75, 3.05) is 12.3 Å². The Morgan fingerprint density at radius 1 is 1.23 bits per heavy atom. The highest BCUT2D eigenvalue weighted by Gasteiger charge is 2.88. The van der Waals surface area contributed by atoms with Gasteiger partial charge >= 0.3 is 23.5 Å². The molecule has 0 amide bonds. The van der Waals surface area contributed by atoms with Crippen LogP contribution in [0.3, 0.4) is 0 Å². The van der Waals surface area contributed by atoms with E-state index < -0.39 is 59.7 Å². The van der Waals surface area contributed by atoms with Crippen molar-refractivity contribution in [2.45, 2.75) is 29.6 Å². The van der Waals surface area contributed by atoms with E-state index in [4.69, 9.17) is 25.8 Å². The molecule has 192 valence electrons. The van der Waals surface area contributed by atoms with E-state index in [1.54, 1.807) is 0 Å². The second-order valence-electron chi connectivity index (χ2n) is 7.18. The molecule has 7 N–H and O–H groups in total. The fraction of sp³-hybridized carbons (Fsp3) is 0.545. The minimum absolute atomic E-state index is 0.0154. The van der Waals surface area contributed by atoms with Gasteiger partial charge in [-0.3, -0.25) is 9.09 Å². The zero-order valence-electron chi connectivity index (χ0n) is 16.6. The van der Waals surface area contributed by atoms with E-state index in [0.717, 1.165) is 17.2 Å². The molecular weight excluding hydrogens is 548 g/mol. The Morgan fingerprint density at radius 3 is 2.54 bits per heavy atom. The standard InChI is InChI=1S/C11H14FN8O12P3/c12-5-8(20-3-17-4-6(13)15-2-16-7(4)20)30-10(9(18-19-14)11(5,10)21)1-29-34(25,26)32-35(27,28)31-33(22,23)24/h2-3,5,8-9,21H,1H2,(H,25,26)(H,27,28)(H2,13,15,16)(H2,22,23,24)/t5-,8+,9?,10-,11+/m0/s1. The van der Waals surface area contributed by atoms with Crippen LogP contribution in [0.1, 0.15) is 6.23 Å². The van der Waals surface area contributed by atoms with Gasteiger partial charge in [0.05, 0.1) is 12.9 Å². The van der Waals surface area contributed by atoms with Crippen molar-refractivity contribution in [3.63, 3.8) is 0 Å². The molecule has 2 aromatic heterocycles. The first-order valence-electron chi connectivity index (χ1n) is 8.87. The van der Waals surface area contributed by atoms with Crippen molar-refractivity contribution in [3.8, 4) is 0 Å². The molecule has 0 aromatic carbocycles. The van der Waals surface area contributed by atoms with Gasteiger partial charge < -0.3 is 35.2 Å². The van der Waals surface area contributed by atoms with Gasteiger partial charge in [0, 0.05) is 4.91 Å². The maximum atomic E-state index is 15.4. The van der Waals surface area contributed by atoms with Gasteiger partial charge in [0.15, 0.2) is 23.9 Å². The van der Waals surface area contributed by atoms with Crippen molar-refractivity contribution in [1.29, 1.82) is 0 Å². The molecule has 1 aliphatic carbocycles. The fourth-order valence-electron chi connectivity index (χ4n) is 3.73. The van der Waals surface area contributed by atoms with Crippen LogP contribution in [-0.4, -0.2) is 74.2 Å². The van der Waals surface area contributed by atoms with Crippen LogP contribution in [0.15, 0.2) is 17.8 Å². The number of aromatic nitrogens is 4. The molecule has 4 rings (SSSR count). The number of halogens is 1. The van der Waals surface area contributed by atoms with Gasteiger partial charge in [-0.2, -0.15) is 8.62 Å². The third-order valence-corrected chi connectivity index (χ3v) is 8.92. The van der Waals surface area contributed by atoms with Gasteiger partial charge in [0.1, 0.15) is 29.1 Å². The number of nitrogen functional groups attached to an aromatic ring is 1. The molecule has 3 heterocycles. The van der Waals surface area contributed by atoms with Crippen LogP contribution < -0.4 is 5.73 Å². The normalized spacial score (nSPS) is 33.5. The first kappa shape index (κ1) is 26.0. The minimum atomic E-state index is -5.85. The van der Waals surface area contributed by atoms with Crippen LogP contribution in [0, 0.1) is 0 Å². The van der Waals surface area contributed by atoms with Crippen LogP contribution >= 0.6 is 23.5 Å². The maximum absolute atomic E-state index is 15.4. The van der Waals surface area contributed by atoms with Gasteiger partial charge in [-0.1, -0.05) is 5.11 Å². The van der Waals surface area contributed by atoms with E-state index in [9.17, 15) is 28.6 Å². The van der Waals surface area contributed by atoms with Crippen molar-refractivity contribution in [3.05, 3.63) is 23.1 Å². The molecule has 24 heteroatoms. The predicted octanol–water partition coefficient (Wildman–Crippen LogP) is -0.219. The average molecular weight is 562 g/mol. The maximum Gasteiger partial charge on any atom is 0.490 e. The molecule has 0 spiro atoms. The zero-order valence-corrected chi connectivity index (χ0v) is 19.3. The number of aliphatic hydroxyl groups is 1. The summed E-state index contributed by atoms with van der Waals surface area (Å²) in [6.45, 7) is -1.27. The number of imidazole rings is 1. The van der Waals surface area contributed by atoms with Crippen LogP contribution in [0.4, 0.5) is 10.2 Å². The number of rotatable bonds is 9. The summed E-state index contributed by atoms with van der Waals surface area (Å²) in [6, 6.07) is -1.70. The Hall–Kier alpha value is -2.08. The van der Waals surface area contributed by atoms with E-state index in [2.05, 4.69) is 38.1 Å². The van der Waals surface area contributed by atoms with Crippen LogP contribution in [0.25, 0.3) is 21.6 Å². The van der Waals surface area contributed by atoms with E-state index in [1.807, 2.05) is 0 Å². The Balaban J connectivity index is 1.60. The largest absolute Gasteiger partial charge is 0.490 e.